The topological polar surface area (TPSA) is 85.0 Å². The van der Waals surface area contributed by atoms with Crippen LogP contribution in [0, 0.1) is 18.4 Å². The first-order valence-electron chi connectivity index (χ1n) is 6.76. The predicted molar refractivity (Wildman–Crippen MR) is 71.2 cm³/mol. The number of ether oxygens (including phenoxy) is 2. The van der Waals surface area contributed by atoms with Crippen LogP contribution in [0.4, 0.5) is 0 Å². The van der Waals surface area contributed by atoms with Gasteiger partial charge in [-0.25, -0.2) is 0 Å². The number of epoxide rings is 1. The van der Waals surface area contributed by atoms with Crippen LogP contribution in [0.15, 0.2) is 0 Å². The van der Waals surface area contributed by atoms with Gasteiger partial charge in [-0.1, -0.05) is 27.7 Å². The van der Waals surface area contributed by atoms with E-state index in [4.69, 9.17) is 19.1 Å². The van der Waals surface area contributed by atoms with E-state index in [9.17, 15) is 4.79 Å². The average molecular weight is 309 g/mol. The molecule has 0 bridgehead atoms. The van der Waals surface area contributed by atoms with Crippen molar-refractivity contribution in [3.05, 3.63) is 6.61 Å². The van der Waals surface area contributed by atoms with Crippen LogP contribution in [0.3, 0.4) is 0 Å². The first kappa shape index (κ1) is 23.0. The molecule has 0 radical (unpaired) electrons. The number of carbonyl (C=O) groups is 1. The molecule has 1 N–H and O–H groups in total. The van der Waals surface area contributed by atoms with Crippen molar-refractivity contribution in [1.82, 2.24) is 5.32 Å². The van der Waals surface area contributed by atoms with Crippen LogP contribution in [-0.2, 0) is 23.9 Å². The largest absolute Gasteiger partial charge is 1.00 e. The number of carbonyl (C=O) groups excluding carboxylic acids is 3. The molecule has 2 atom stereocenters. The Balaban J connectivity index is 0. The van der Waals surface area contributed by atoms with Gasteiger partial charge in [-0.05, 0) is 24.4 Å². The van der Waals surface area contributed by atoms with Crippen molar-refractivity contribution in [2.24, 2.45) is 11.8 Å². The third-order valence-electron chi connectivity index (χ3n) is 2.40. The monoisotopic (exact) mass is 309 g/mol. The molecule has 0 aromatic carbocycles. The molecular formula is C14H24NNaO5. The minimum Gasteiger partial charge on any atom is -0.562 e. The summed E-state index contributed by atoms with van der Waals surface area (Å²) in [6, 6.07) is 0.0823. The third-order valence-corrected chi connectivity index (χ3v) is 2.40. The molecule has 1 amide bonds. The van der Waals surface area contributed by atoms with Crippen molar-refractivity contribution in [3.8, 4) is 0 Å². The van der Waals surface area contributed by atoms with Gasteiger partial charge in [0.25, 0.3) is 0 Å². The Morgan fingerprint density at radius 1 is 1.24 bits per heavy atom. The van der Waals surface area contributed by atoms with E-state index in [1.165, 1.54) is 6.61 Å². The van der Waals surface area contributed by atoms with E-state index >= 15 is 0 Å². The van der Waals surface area contributed by atoms with E-state index in [0.717, 1.165) is 13.0 Å². The standard InChI is InChI=1S/C13H24NO3.CO2.Na/c1-9(2)5-11(7-16-6-10(3)4)14-13(15)12-8-17-12;2-1-3;/h8-12H,5-7H2,1-4H3,(H,14,15);;/q-1;;+1/t11-,12-;;/m0../s1. The molecule has 21 heavy (non-hydrogen) atoms. The van der Waals surface area contributed by atoms with Crippen LogP contribution >= 0.6 is 0 Å². The fraction of sp³-hybridized carbons (Fsp3) is 0.786. The first-order valence-corrected chi connectivity index (χ1v) is 6.76. The van der Waals surface area contributed by atoms with E-state index in [1.807, 2.05) is 0 Å². The van der Waals surface area contributed by atoms with Crippen LogP contribution in [0.1, 0.15) is 34.1 Å². The van der Waals surface area contributed by atoms with Gasteiger partial charge in [0.15, 0.2) is 0 Å². The van der Waals surface area contributed by atoms with Gasteiger partial charge in [-0.15, -0.1) is 0 Å². The van der Waals surface area contributed by atoms with Gasteiger partial charge in [0.1, 0.15) is 0 Å². The van der Waals surface area contributed by atoms with Crippen LogP contribution in [0.2, 0.25) is 0 Å². The van der Waals surface area contributed by atoms with Gasteiger partial charge in [0.05, 0.1) is 12.6 Å². The van der Waals surface area contributed by atoms with Gasteiger partial charge in [-0.3, -0.25) is 4.79 Å². The summed E-state index contributed by atoms with van der Waals surface area (Å²) in [4.78, 5) is 27.8. The Kier molecular flexibility index (Phi) is 14.7. The summed E-state index contributed by atoms with van der Waals surface area (Å²) in [5.74, 6) is 1.00. The van der Waals surface area contributed by atoms with Crippen LogP contribution in [0.25, 0.3) is 0 Å². The molecule has 116 valence electrons. The Bertz CT molecular complexity index is 312. The molecule has 7 heteroatoms. The zero-order valence-corrected chi connectivity index (χ0v) is 15.5. The van der Waals surface area contributed by atoms with Gasteiger partial charge >= 0.3 is 35.7 Å². The summed E-state index contributed by atoms with van der Waals surface area (Å²) in [5.41, 5.74) is 0. The molecule has 1 fully saturated rings. The molecule has 1 rings (SSSR count). The Hall–Kier alpha value is -0.230. The molecular weight excluding hydrogens is 285 g/mol. The summed E-state index contributed by atoms with van der Waals surface area (Å²) in [5, 5.41) is 2.96. The van der Waals surface area contributed by atoms with Gasteiger partial charge in [-0.2, -0.15) is 16.2 Å². The minimum absolute atomic E-state index is 0. The molecule has 0 aliphatic carbocycles. The Morgan fingerprint density at radius 2 is 1.76 bits per heavy atom. The fourth-order valence-electron chi connectivity index (χ4n) is 1.63. The van der Waals surface area contributed by atoms with E-state index < -0.39 is 0 Å². The quantitative estimate of drug-likeness (QED) is 0.324. The number of rotatable bonds is 8. The van der Waals surface area contributed by atoms with Crippen LogP contribution in [0.5, 0.6) is 0 Å². The molecule has 0 saturated carbocycles. The maximum Gasteiger partial charge on any atom is 1.00 e. The molecule has 1 aliphatic rings. The summed E-state index contributed by atoms with van der Waals surface area (Å²) in [7, 11) is 0. The maximum absolute atomic E-state index is 11.6. The Morgan fingerprint density at radius 3 is 2.14 bits per heavy atom. The number of hydrogen-bond acceptors (Lipinski definition) is 5. The zero-order chi connectivity index (χ0) is 15.5. The van der Waals surface area contributed by atoms with Crippen molar-refractivity contribution < 1.29 is 53.4 Å². The van der Waals surface area contributed by atoms with Crippen molar-refractivity contribution in [3.63, 3.8) is 0 Å². The summed E-state index contributed by atoms with van der Waals surface area (Å²) < 4.78 is 10.4. The summed E-state index contributed by atoms with van der Waals surface area (Å²) in [6.45, 7) is 11.4. The molecule has 0 aromatic heterocycles. The molecule has 1 saturated heterocycles. The van der Waals surface area contributed by atoms with Gasteiger partial charge < -0.3 is 14.8 Å². The second-order valence-corrected chi connectivity index (χ2v) is 5.54. The predicted octanol–water partition coefficient (Wildman–Crippen LogP) is -1.83. The second-order valence-electron chi connectivity index (χ2n) is 5.54. The van der Waals surface area contributed by atoms with Crippen LogP contribution in [-0.4, -0.2) is 37.4 Å². The Labute approximate surface area is 148 Å². The number of hydrogen-bond donors (Lipinski definition) is 1. The number of amides is 1. The minimum atomic E-state index is -0.338. The second kappa shape index (κ2) is 13.4. The van der Waals surface area contributed by atoms with Crippen molar-refractivity contribution in [1.29, 1.82) is 0 Å². The maximum atomic E-state index is 11.6. The molecule has 1 heterocycles. The normalized spacial score (nSPS) is 17.1. The van der Waals surface area contributed by atoms with E-state index in [0.29, 0.717) is 18.4 Å². The molecule has 0 aromatic rings. The molecule has 0 spiro atoms. The third kappa shape index (κ3) is 14.5. The zero-order valence-electron chi connectivity index (χ0n) is 13.5. The SMILES string of the molecule is CC(C)COC[C@H](CC(C)C)NC(=O)[C@@H]1[CH-]O1.O=C=O.[Na+]. The van der Waals surface area contributed by atoms with Gasteiger partial charge in [0.2, 0.25) is 5.91 Å². The first-order chi connectivity index (χ1) is 9.40. The fourth-order valence-corrected chi connectivity index (χ4v) is 1.63. The smallest absolute Gasteiger partial charge is 0.562 e. The van der Waals surface area contributed by atoms with E-state index in [1.54, 1.807) is 0 Å². The van der Waals surface area contributed by atoms with Crippen molar-refractivity contribution >= 4 is 12.1 Å². The van der Waals surface area contributed by atoms with E-state index in [2.05, 4.69) is 33.0 Å². The summed E-state index contributed by atoms with van der Waals surface area (Å²) >= 11 is 0. The van der Waals surface area contributed by atoms with Gasteiger partial charge in [0, 0.05) is 6.61 Å². The van der Waals surface area contributed by atoms with Crippen molar-refractivity contribution in [2.45, 2.75) is 46.3 Å². The molecule has 0 unspecified atom stereocenters. The van der Waals surface area contributed by atoms with E-state index in [-0.39, 0.29) is 53.8 Å². The average Bonchev–Trinajstić information content (AvgIpc) is 3.11. The summed E-state index contributed by atoms with van der Waals surface area (Å²) in [6.07, 6.45) is 0.839. The number of nitrogens with one attached hydrogen (secondary N) is 1. The molecule has 1 aliphatic heterocycles. The van der Waals surface area contributed by atoms with Crippen LogP contribution < -0.4 is 34.9 Å². The van der Waals surface area contributed by atoms with Crippen molar-refractivity contribution in [2.75, 3.05) is 13.2 Å². The molecule has 6 nitrogen and oxygen atoms in total.